The molecule has 0 unspecified atom stereocenters. The third kappa shape index (κ3) is 0.836. The van der Waals surface area contributed by atoms with Gasteiger partial charge in [0.2, 0.25) is 0 Å². The summed E-state index contributed by atoms with van der Waals surface area (Å²) in [5, 5.41) is 0. The lowest BCUT2D eigenvalue weighted by molar-refractivity contribution is 1.43. The maximum atomic E-state index is 3.71. The first-order valence-corrected chi connectivity index (χ1v) is 2.68. The van der Waals surface area contributed by atoms with Crippen molar-refractivity contribution in [2.45, 2.75) is 6.42 Å². The van der Waals surface area contributed by atoms with Gasteiger partial charge in [0, 0.05) is 13.5 Å². The van der Waals surface area contributed by atoms with Crippen molar-refractivity contribution in [2.75, 3.05) is 0 Å². The minimum Gasteiger partial charge on any atom is -0.0656 e. The molecule has 0 nitrogen and oxygen atoms in total. The summed E-state index contributed by atoms with van der Waals surface area (Å²) in [4.78, 5) is 0. The van der Waals surface area contributed by atoms with Crippen molar-refractivity contribution in [2.24, 2.45) is 0 Å². The van der Waals surface area contributed by atoms with Crippen LogP contribution in [0.15, 0.2) is 36.0 Å². The second-order valence-electron chi connectivity index (χ2n) is 1.90. The number of rotatable bonds is 1. The predicted molar refractivity (Wildman–Crippen MR) is 36.3 cm³/mol. The summed E-state index contributed by atoms with van der Waals surface area (Å²) in [6.45, 7) is 7.41. The Kier molecular flexibility index (Phi) is 1.25. The zero-order valence-electron chi connectivity index (χ0n) is 4.85. The van der Waals surface area contributed by atoms with Gasteiger partial charge in [-0.25, -0.2) is 0 Å². The molecule has 0 bridgehead atoms. The largest absolute Gasteiger partial charge is 0.126 e. The van der Waals surface area contributed by atoms with E-state index in [4.69, 9.17) is 0 Å². The Balaban J connectivity index is 2.72. The molecule has 1 rings (SSSR count). The van der Waals surface area contributed by atoms with Gasteiger partial charge in [0.1, 0.15) is 5.57 Å². The van der Waals surface area contributed by atoms with Crippen molar-refractivity contribution in [1.82, 2.24) is 0 Å². The van der Waals surface area contributed by atoms with E-state index in [9.17, 15) is 0 Å². The van der Waals surface area contributed by atoms with Crippen LogP contribution in [0.5, 0.6) is 0 Å². The molecule has 0 heteroatoms. The fourth-order valence-corrected chi connectivity index (χ4v) is 0.720. The lowest BCUT2D eigenvalue weighted by Crippen LogP contribution is -1.72. The molecular weight excluding hydrogens is 96.1 g/mol. The number of hydrogen-bond donors (Lipinski definition) is 0. The van der Waals surface area contributed by atoms with E-state index in [2.05, 4.69) is 31.7 Å². The number of hydrogen-bond acceptors (Lipinski definition) is 0. The predicted octanol–water partition coefficient (Wildman–Crippen LogP) is 2.26. The van der Waals surface area contributed by atoms with Gasteiger partial charge in [-0.3, -0.25) is 0 Å². The summed E-state index contributed by atoms with van der Waals surface area (Å²) in [5.74, 6) is 0. The van der Waals surface area contributed by atoms with Gasteiger partial charge in [0.05, 0.1) is 5.57 Å². The molecule has 40 valence electrons. The highest BCUT2D eigenvalue weighted by Crippen LogP contribution is 2.14. The Hall–Kier alpha value is -0.910. The van der Waals surface area contributed by atoms with E-state index in [1.807, 2.05) is 0 Å². The summed E-state index contributed by atoms with van der Waals surface area (Å²) in [5.41, 5.74) is 2.10. The molecule has 0 aliphatic heterocycles. The third-order valence-electron chi connectivity index (χ3n) is 1.18. The van der Waals surface area contributed by atoms with Gasteiger partial charge < -0.3 is 0 Å². The van der Waals surface area contributed by atoms with Gasteiger partial charge in [0.25, 0.3) is 0 Å². The van der Waals surface area contributed by atoms with Crippen LogP contribution in [0.2, 0.25) is 0 Å². The Morgan fingerprint density at radius 2 is 2.50 bits per heavy atom. The monoisotopic (exact) mass is 105 g/mol. The Morgan fingerprint density at radius 3 is 2.75 bits per heavy atom. The van der Waals surface area contributed by atoms with Gasteiger partial charge >= 0.3 is 0 Å². The molecule has 0 aromatic rings. The van der Waals surface area contributed by atoms with Crippen molar-refractivity contribution in [3.05, 3.63) is 42.9 Å². The van der Waals surface area contributed by atoms with Crippen molar-refractivity contribution < 1.29 is 0 Å². The second kappa shape index (κ2) is 1.91. The molecular formula is C8H9+. The summed E-state index contributed by atoms with van der Waals surface area (Å²) in [6, 6.07) is 0. The standard InChI is InChI=1S/C8H9/c1-7(2)8-5-3-4-6-8/h3,5-6H,1-2,4H2/q+1. The average Bonchev–Trinajstić information content (AvgIpc) is 2.12. The van der Waals surface area contributed by atoms with E-state index in [-0.39, 0.29) is 0 Å². The van der Waals surface area contributed by atoms with E-state index in [1.165, 1.54) is 5.57 Å². The normalized spacial score (nSPS) is 16.2. The van der Waals surface area contributed by atoms with Crippen LogP contribution in [0.25, 0.3) is 0 Å². The summed E-state index contributed by atoms with van der Waals surface area (Å²) in [7, 11) is 0. The van der Waals surface area contributed by atoms with E-state index >= 15 is 0 Å². The molecule has 0 heterocycles. The maximum Gasteiger partial charge on any atom is 0.126 e. The van der Waals surface area contributed by atoms with Crippen LogP contribution in [0.4, 0.5) is 0 Å². The van der Waals surface area contributed by atoms with Gasteiger partial charge in [0.15, 0.2) is 0 Å². The van der Waals surface area contributed by atoms with Crippen LogP contribution in [0.3, 0.4) is 0 Å². The topological polar surface area (TPSA) is 0 Å². The molecule has 0 N–H and O–H groups in total. The second-order valence-corrected chi connectivity index (χ2v) is 1.90. The molecule has 8 heavy (non-hydrogen) atoms. The van der Waals surface area contributed by atoms with E-state index < -0.39 is 0 Å². The third-order valence-corrected chi connectivity index (χ3v) is 1.18. The Labute approximate surface area is 50.2 Å². The summed E-state index contributed by atoms with van der Waals surface area (Å²) >= 11 is 0. The molecule has 0 amide bonds. The highest BCUT2D eigenvalue weighted by Gasteiger charge is 2.03. The minimum atomic E-state index is 0.916. The molecule has 0 saturated heterocycles. The first-order valence-electron chi connectivity index (χ1n) is 2.68. The van der Waals surface area contributed by atoms with Crippen molar-refractivity contribution in [3.8, 4) is 0 Å². The van der Waals surface area contributed by atoms with Crippen molar-refractivity contribution >= 4 is 0 Å². The molecule has 0 aromatic carbocycles. The van der Waals surface area contributed by atoms with Crippen LogP contribution in [-0.4, -0.2) is 0 Å². The highest BCUT2D eigenvalue weighted by atomic mass is 14.0. The lowest BCUT2D eigenvalue weighted by Gasteiger charge is -1.80. The smallest absolute Gasteiger partial charge is 0.0656 e. The molecule has 0 spiro atoms. The Bertz CT molecular complexity index is 159. The fourth-order valence-electron chi connectivity index (χ4n) is 0.720. The van der Waals surface area contributed by atoms with Crippen molar-refractivity contribution in [1.29, 1.82) is 0 Å². The first-order chi connectivity index (χ1) is 3.80. The van der Waals surface area contributed by atoms with Gasteiger partial charge in [-0.05, 0) is 18.6 Å². The van der Waals surface area contributed by atoms with E-state index in [1.54, 1.807) is 0 Å². The minimum absolute atomic E-state index is 0.916. The Morgan fingerprint density at radius 1 is 1.75 bits per heavy atom. The van der Waals surface area contributed by atoms with Crippen LogP contribution in [-0.2, 0) is 0 Å². The highest BCUT2D eigenvalue weighted by molar-refractivity contribution is 5.43. The lowest BCUT2D eigenvalue weighted by atomic mass is 10.1. The quantitative estimate of drug-likeness (QED) is 0.449. The summed E-state index contributed by atoms with van der Waals surface area (Å²) < 4.78 is 0. The molecule has 0 atom stereocenters. The first kappa shape index (κ1) is 5.23. The van der Waals surface area contributed by atoms with E-state index in [0.717, 1.165) is 12.0 Å². The zero-order chi connectivity index (χ0) is 5.98. The fraction of sp³-hybridized carbons (Fsp3) is 0.125. The summed E-state index contributed by atoms with van der Waals surface area (Å²) in [6.07, 6.45) is 7.32. The SMILES string of the molecule is C=C([CH2+])C1=CCC=C1. The van der Waals surface area contributed by atoms with Gasteiger partial charge in [-0.2, -0.15) is 0 Å². The van der Waals surface area contributed by atoms with Crippen LogP contribution in [0, 0.1) is 6.92 Å². The molecule has 0 saturated carbocycles. The zero-order valence-corrected chi connectivity index (χ0v) is 4.85. The van der Waals surface area contributed by atoms with Crippen LogP contribution in [0.1, 0.15) is 6.42 Å². The van der Waals surface area contributed by atoms with Gasteiger partial charge in [-0.1, -0.05) is 6.08 Å². The molecule has 0 fully saturated rings. The van der Waals surface area contributed by atoms with Gasteiger partial charge in [-0.15, -0.1) is 0 Å². The molecule has 0 aromatic heterocycles. The molecule has 1 aliphatic carbocycles. The van der Waals surface area contributed by atoms with Crippen molar-refractivity contribution in [3.63, 3.8) is 0 Å². The molecule has 0 radical (unpaired) electrons. The van der Waals surface area contributed by atoms with Crippen LogP contribution < -0.4 is 0 Å². The number of allylic oxidation sites excluding steroid dienone is 5. The molecule has 1 aliphatic rings. The van der Waals surface area contributed by atoms with E-state index in [0.29, 0.717) is 0 Å². The maximum absolute atomic E-state index is 3.71. The average molecular weight is 105 g/mol. The van der Waals surface area contributed by atoms with Crippen LogP contribution >= 0.6 is 0 Å².